The van der Waals surface area contributed by atoms with Crippen LogP contribution in [0.15, 0.2) is 30.9 Å². The molecule has 0 aliphatic rings. The van der Waals surface area contributed by atoms with Crippen LogP contribution in [-0.2, 0) is 0 Å². The van der Waals surface area contributed by atoms with Crippen LogP contribution < -0.4 is 14.8 Å². The molecule has 104 valence electrons. The molecule has 1 rings (SSSR count). The Balaban J connectivity index is 2.76. The molecule has 0 atom stereocenters. The lowest BCUT2D eigenvalue weighted by Crippen LogP contribution is -2.23. The van der Waals surface area contributed by atoms with E-state index < -0.39 is 0 Å². The number of benzene rings is 1. The molecule has 1 amide bonds. The fourth-order valence-corrected chi connectivity index (χ4v) is 1.52. The zero-order valence-corrected chi connectivity index (χ0v) is 11.6. The minimum absolute atomic E-state index is 0.154. The van der Waals surface area contributed by atoms with E-state index in [1.165, 1.54) is 0 Å². The first-order valence-electron chi connectivity index (χ1n) is 6.42. The molecule has 0 aromatic heterocycles. The molecule has 0 fully saturated rings. The van der Waals surface area contributed by atoms with E-state index in [0.29, 0.717) is 30.2 Å². The highest BCUT2D eigenvalue weighted by Gasteiger charge is 2.10. The summed E-state index contributed by atoms with van der Waals surface area (Å²) in [4.78, 5) is 11.8. The summed E-state index contributed by atoms with van der Waals surface area (Å²) in [6.45, 7) is 6.75. The normalized spacial score (nSPS) is 9.79. The number of hydrogen-bond acceptors (Lipinski definition) is 3. The Kier molecular flexibility index (Phi) is 6.50. The van der Waals surface area contributed by atoms with Crippen LogP contribution in [0.4, 0.5) is 0 Å². The van der Waals surface area contributed by atoms with E-state index in [1.54, 1.807) is 31.4 Å². The maximum Gasteiger partial charge on any atom is 0.251 e. The van der Waals surface area contributed by atoms with Gasteiger partial charge in [0.2, 0.25) is 0 Å². The number of rotatable bonds is 8. The van der Waals surface area contributed by atoms with Crippen molar-refractivity contribution in [3.63, 3.8) is 0 Å². The Hall–Kier alpha value is -1.97. The Labute approximate surface area is 114 Å². The molecule has 0 saturated heterocycles. The Morgan fingerprint density at radius 3 is 2.84 bits per heavy atom. The maximum absolute atomic E-state index is 11.8. The second-order valence-corrected chi connectivity index (χ2v) is 4.07. The second-order valence-electron chi connectivity index (χ2n) is 4.07. The summed E-state index contributed by atoms with van der Waals surface area (Å²) >= 11 is 0. The smallest absolute Gasteiger partial charge is 0.251 e. The molecule has 0 aliphatic heterocycles. The molecule has 1 aromatic carbocycles. The monoisotopic (exact) mass is 263 g/mol. The van der Waals surface area contributed by atoms with Gasteiger partial charge in [-0.25, -0.2) is 0 Å². The van der Waals surface area contributed by atoms with Crippen molar-refractivity contribution in [1.82, 2.24) is 5.32 Å². The summed E-state index contributed by atoms with van der Waals surface area (Å²) in [6, 6.07) is 5.17. The van der Waals surface area contributed by atoms with Gasteiger partial charge in [0.15, 0.2) is 11.5 Å². The standard InChI is InChI=1S/C15H21NO3/c1-4-6-10-19-13-8-7-12(11-14(13)18-3)15(17)16-9-5-2/h5,7-8,11H,2,4,6,9-10H2,1,3H3,(H,16,17). The zero-order chi connectivity index (χ0) is 14.1. The van der Waals surface area contributed by atoms with Crippen molar-refractivity contribution in [2.45, 2.75) is 19.8 Å². The van der Waals surface area contributed by atoms with Crippen LogP contribution in [0.25, 0.3) is 0 Å². The van der Waals surface area contributed by atoms with Crippen LogP contribution in [0.3, 0.4) is 0 Å². The van der Waals surface area contributed by atoms with Crippen molar-refractivity contribution in [3.05, 3.63) is 36.4 Å². The number of amides is 1. The van der Waals surface area contributed by atoms with Crippen LogP contribution in [0.2, 0.25) is 0 Å². The van der Waals surface area contributed by atoms with E-state index in [1.807, 2.05) is 0 Å². The number of unbranched alkanes of at least 4 members (excludes halogenated alkanes) is 1. The fourth-order valence-electron chi connectivity index (χ4n) is 1.52. The number of nitrogens with one attached hydrogen (secondary N) is 1. The van der Waals surface area contributed by atoms with Gasteiger partial charge in [-0.05, 0) is 24.6 Å². The predicted molar refractivity (Wildman–Crippen MR) is 75.9 cm³/mol. The van der Waals surface area contributed by atoms with E-state index in [0.717, 1.165) is 12.8 Å². The summed E-state index contributed by atoms with van der Waals surface area (Å²) in [7, 11) is 1.56. The quantitative estimate of drug-likeness (QED) is 0.579. The molecule has 0 aliphatic carbocycles. The van der Waals surface area contributed by atoms with Gasteiger partial charge in [0.25, 0.3) is 5.91 Å². The van der Waals surface area contributed by atoms with E-state index in [-0.39, 0.29) is 5.91 Å². The second kappa shape index (κ2) is 8.19. The number of methoxy groups -OCH3 is 1. The topological polar surface area (TPSA) is 47.6 Å². The Bertz CT molecular complexity index is 429. The van der Waals surface area contributed by atoms with Gasteiger partial charge in [-0.2, -0.15) is 0 Å². The van der Waals surface area contributed by atoms with Crippen LogP contribution in [0, 0.1) is 0 Å². The van der Waals surface area contributed by atoms with E-state index in [4.69, 9.17) is 9.47 Å². The van der Waals surface area contributed by atoms with Crippen molar-refractivity contribution in [2.75, 3.05) is 20.3 Å². The molecule has 1 aromatic rings. The number of carbonyl (C=O) groups is 1. The fraction of sp³-hybridized carbons (Fsp3) is 0.400. The lowest BCUT2D eigenvalue weighted by molar-refractivity contribution is 0.0957. The lowest BCUT2D eigenvalue weighted by atomic mass is 10.2. The third-order valence-corrected chi connectivity index (χ3v) is 2.59. The number of ether oxygens (including phenoxy) is 2. The van der Waals surface area contributed by atoms with Gasteiger partial charge in [-0.15, -0.1) is 6.58 Å². The Morgan fingerprint density at radius 2 is 2.21 bits per heavy atom. The van der Waals surface area contributed by atoms with Crippen LogP contribution in [0.5, 0.6) is 11.5 Å². The SMILES string of the molecule is C=CCNC(=O)c1ccc(OCCCC)c(OC)c1. The summed E-state index contributed by atoms with van der Waals surface area (Å²) < 4.78 is 10.9. The van der Waals surface area contributed by atoms with Crippen LogP contribution >= 0.6 is 0 Å². The molecular formula is C15H21NO3. The average molecular weight is 263 g/mol. The summed E-state index contributed by atoms with van der Waals surface area (Å²) in [6.07, 6.45) is 3.70. The van der Waals surface area contributed by atoms with Gasteiger partial charge >= 0.3 is 0 Å². The largest absolute Gasteiger partial charge is 0.493 e. The average Bonchev–Trinajstić information content (AvgIpc) is 2.45. The molecule has 0 saturated carbocycles. The molecule has 0 unspecified atom stereocenters. The highest BCUT2D eigenvalue weighted by molar-refractivity contribution is 5.94. The van der Waals surface area contributed by atoms with Gasteiger partial charge in [-0.1, -0.05) is 19.4 Å². The minimum Gasteiger partial charge on any atom is -0.493 e. The zero-order valence-electron chi connectivity index (χ0n) is 11.6. The summed E-state index contributed by atoms with van der Waals surface area (Å²) in [5, 5.41) is 2.72. The van der Waals surface area contributed by atoms with E-state index in [2.05, 4.69) is 18.8 Å². The third-order valence-electron chi connectivity index (χ3n) is 2.59. The lowest BCUT2D eigenvalue weighted by Gasteiger charge is -2.11. The summed E-state index contributed by atoms with van der Waals surface area (Å²) in [5.41, 5.74) is 0.543. The van der Waals surface area contributed by atoms with Crippen molar-refractivity contribution < 1.29 is 14.3 Å². The summed E-state index contributed by atoms with van der Waals surface area (Å²) in [5.74, 6) is 1.08. The molecule has 4 nitrogen and oxygen atoms in total. The van der Waals surface area contributed by atoms with Crippen molar-refractivity contribution in [3.8, 4) is 11.5 Å². The first-order valence-corrected chi connectivity index (χ1v) is 6.42. The first-order chi connectivity index (χ1) is 9.22. The predicted octanol–water partition coefficient (Wildman–Crippen LogP) is 2.79. The molecule has 19 heavy (non-hydrogen) atoms. The van der Waals surface area contributed by atoms with Gasteiger partial charge in [0.05, 0.1) is 13.7 Å². The van der Waals surface area contributed by atoms with Gasteiger partial charge in [-0.3, -0.25) is 4.79 Å². The third kappa shape index (κ3) is 4.66. The highest BCUT2D eigenvalue weighted by atomic mass is 16.5. The molecule has 1 N–H and O–H groups in total. The van der Waals surface area contributed by atoms with Gasteiger partial charge in [0.1, 0.15) is 0 Å². The molecular weight excluding hydrogens is 242 g/mol. The van der Waals surface area contributed by atoms with Crippen molar-refractivity contribution in [1.29, 1.82) is 0 Å². The Morgan fingerprint density at radius 1 is 1.42 bits per heavy atom. The van der Waals surface area contributed by atoms with Gasteiger partial charge < -0.3 is 14.8 Å². The molecule has 0 bridgehead atoms. The van der Waals surface area contributed by atoms with Crippen LogP contribution in [0.1, 0.15) is 30.1 Å². The molecule has 0 heterocycles. The van der Waals surface area contributed by atoms with E-state index >= 15 is 0 Å². The maximum atomic E-state index is 11.8. The number of carbonyl (C=O) groups excluding carboxylic acids is 1. The van der Waals surface area contributed by atoms with E-state index in [9.17, 15) is 4.79 Å². The number of hydrogen-bond donors (Lipinski definition) is 1. The van der Waals surface area contributed by atoms with Gasteiger partial charge in [0, 0.05) is 12.1 Å². The van der Waals surface area contributed by atoms with Crippen molar-refractivity contribution >= 4 is 5.91 Å². The highest BCUT2D eigenvalue weighted by Crippen LogP contribution is 2.28. The molecule has 4 heteroatoms. The molecule has 0 radical (unpaired) electrons. The van der Waals surface area contributed by atoms with Crippen molar-refractivity contribution in [2.24, 2.45) is 0 Å². The molecule has 0 spiro atoms. The first kappa shape index (κ1) is 15.1. The minimum atomic E-state index is -0.154. The van der Waals surface area contributed by atoms with Crippen LogP contribution in [-0.4, -0.2) is 26.2 Å².